The number of nitro groups is 1. The maximum Gasteiger partial charge on any atom is 0.273 e. The Labute approximate surface area is 119 Å². The minimum Gasteiger partial charge on any atom is -0.294 e. The van der Waals surface area contributed by atoms with E-state index in [9.17, 15) is 19.3 Å². The van der Waals surface area contributed by atoms with Crippen molar-refractivity contribution in [3.8, 4) is 0 Å². The molecule has 2 aromatic carbocycles. The standard InChI is InChI=1S/C14H9ClFNO3/c15-11-3-1-2-9(4-11)5-14(18)10-6-12(16)8-13(7-10)17(19)20/h1-4,6-8H,5H2. The molecule has 0 fully saturated rings. The van der Waals surface area contributed by atoms with Crippen LogP contribution < -0.4 is 0 Å². The first kappa shape index (κ1) is 14.1. The fraction of sp³-hybridized carbons (Fsp3) is 0.0714. The third-order valence-corrected chi connectivity index (χ3v) is 2.90. The number of nitro benzene ring substituents is 1. The summed E-state index contributed by atoms with van der Waals surface area (Å²) in [5.74, 6) is -1.22. The molecule has 0 aromatic heterocycles. The fourth-order valence-corrected chi connectivity index (χ4v) is 1.99. The summed E-state index contributed by atoms with van der Waals surface area (Å²) in [5.41, 5.74) is 0.186. The van der Waals surface area contributed by atoms with Crippen molar-refractivity contribution in [1.82, 2.24) is 0 Å². The number of non-ortho nitro benzene ring substituents is 1. The third-order valence-electron chi connectivity index (χ3n) is 2.67. The third kappa shape index (κ3) is 3.39. The van der Waals surface area contributed by atoms with Gasteiger partial charge in [-0.05, 0) is 23.8 Å². The fourth-order valence-electron chi connectivity index (χ4n) is 1.77. The molecule has 2 aromatic rings. The SMILES string of the molecule is O=C(Cc1cccc(Cl)c1)c1cc(F)cc([N+](=O)[O-])c1. The van der Waals surface area contributed by atoms with Crippen molar-refractivity contribution in [2.24, 2.45) is 0 Å². The van der Waals surface area contributed by atoms with Crippen molar-refractivity contribution in [1.29, 1.82) is 0 Å². The summed E-state index contributed by atoms with van der Waals surface area (Å²) in [6.07, 6.45) is 0.00116. The van der Waals surface area contributed by atoms with Crippen LogP contribution in [-0.4, -0.2) is 10.7 Å². The van der Waals surface area contributed by atoms with Gasteiger partial charge in [0.05, 0.1) is 11.0 Å². The van der Waals surface area contributed by atoms with E-state index < -0.39 is 22.2 Å². The molecule has 20 heavy (non-hydrogen) atoms. The van der Waals surface area contributed by atoms with Crippen molar-refractivity contribution in [3.05, 3.63) is 74.5 Å². The van der Waals surface area contributed by atoms with Crippen LogP contribution >= 0.6 is 11.6 Å². The van der Waals surface area contributed by atoms with Crippen LogP contribution in [-0.2, 0) is 6.42 Å². The lowest BCUT2D eigenvalue weighted by atomic mass is 10.0. The van der Waals surface area contributed by atoms with Crippen LogP contribution in [0.25, 0.3) is 0 Å². The zero-order chi connectivity index (χ0) is 14.7. The first-order chi connectivity index (χ1) is 9.45. The second-order valence-electron chi connectivity index (χ2n) is 4.19. The summed E-state index contributed by atoms with van der Waals surface area (Å²) in [7, 11) is 0. The van der Waals surface area contributed by atoms with E-state index in [0.29, 0.717) is 10.6 Å². The number of Topliss-reactive ketones (excluding diaryl/α,β-unsaturated/α-hetero) is 1. The topological polar surface area (TPSA) is 60.2 Å². The zero-order valence-electron chi connectivity index (χ0n) is 10.2. The lowest BCUT2D eigenvalue weighted by molar-refractivity contribution is -0.385. The molecule has 0 aliphatic heterocycles. The molecule has 102 valence electrons. The average molecular weight is 294 g/mol. The smallest absolute Gasteiger partial charge is 0.273 e. The summed E-state index contributed by atoms with van der Waals surface area (Å²) in [6.45, 7) is 0. The number of carbonyl (C=O) groups is 1. The lowest BCUT2D eigenvalue weighted by Crippen LogP contribution is -2.05. The molecule has 0 aliphatic rings. The lowest BCUT2D eigenvalue weighted by Gasteiger charge is -2.03. The maximum absolute atomic E-state index is 13.3. The molecule has 0 atom stereocenters. The van der Waals surface area contributed by atoms with Crippen molar-refractivity contribution in [2.45, 2.75) is 6.42 Å². The van der Waals surface area contributed by atoms with E-state index in [4.69, 9.17) is 11.6 Å². The largest absolute Gasteiger partial charge is 0.294 e. The highest BCUT2D eigenvalue weighted by atomic mass is 35.5. The van der Waals surface area contributed by atoms with Gasteiger partial charge in [0.15, 0.2) is 5.78 Å². The molecule has 2 rings (SSSR count). The summed E-state index contributed by atoms with van der Waals surface area (Å²) >= 11 is 5.81. The van der Waals surface area contributed by atoms with Gasteiger partial charge in [0.1, 0.15) is 5.82 Å². The van der Waals surface area contributed by atoms with E-state index in [1.165, 1.54) is 0 Å². The number of hydrogen-bond donors (Lipinski definition) is 0. The molecule has 0 N–H and O–H groups in total. The van der Waals surface area contributed by atoms with Gasteiger partial charge in [0, 0.05) is 23.1 Å². The molecule has 4 nitrogen and oxygen atoms in total. The molecule has 0 unspecified atom stereocenters. The predicted octanol–water partition coefficient (Wildman–Crippen LogP) is 3.81. The van der Waals surface area contributed by atoms with Gasteiger partial charge >= 0.3 is 0 Å². The Kier molecular flexibility index (Phi) is 4.10. The highest BCUT2D eigenvalue weighted by Gasteiger charge is 2.15. The summed E-state index contributed by atoms with van der Waals surface area (Å²) in [4.78, 5) is 21.9. The Morgan fingerprint density at radius 2 is 2.00 bits per heavy atom. The van der Waals surface area contributed by atoms with Gasteiger partial charge in [-0.3, -0.25) is 14.9 Å². The Morgan fingerprint density at radius 1 is 1.25 bits per heavy atom. The Balaban J connectivity index is 2.27. The quantitative estimate of drug-likeness (QED) is 0.489. The minimum atomic E-state index is -0.811. The maximum atomic E-state index is 13.3. The molecule has 0 saturated heterocycles. The average Bonchev–Trinajstić information content (AvgIpc) is 2.37. The molecule has 6 heteroatoms. The van der Waals surface area contributed by atoms with Gasteiger partial charge in [-0.1, -0.05) is 23.7 Å². The Hall–Kier alpha value is -2.27. The highest BCUT2D eigenvalue weighted by molar-refractivity contribution is 6.30. The molecule has 0 spiro atoms. The number of ketones is 1. The summed E-state index contributed by atoms with van der Waals surface area (Å²) in [6, 6.07) is 9.51. The number of hydrogen-bond acceptors (Lipinski definition) is 3. The van der Waals surface area contributed by atoms with Gasteiger partial charge in [-0.2, -0.15) is 0 Å². The molecule has 0 radical (unpaired) electrons. The van der Waals surface area contributed by atoms with Crippen molar-refractivity contribution < 1.29 is 14.1 Å². The van der Waals surface area contributed by atoms with E-state index in [-0.39, 0.29) is 12.0 Å². The van der Waals surface area contributed by atoms with E-state index in [1.807, 2.05) is 0 Å². The Bertz CT molecular complexity index is 688. The van der Waals surface area contributed by atoms with Crippen LogP contribution in [0.1, 0.15) is 15.9 Å². The minimum absolute atomic E-state index is 0.00116. The van der Waals surface area contributed by atoms with Crippen LogP contribution in [0.3, 0.4) is 0 Å². The summed E-state index contributed by atoms with van der Waals surface area (Å²) < 4.78 is 13.3. The molecular formula is C14H9ClFNO3. The van der Waals surface area contributed by atoms with Gasteiger partial charge in [0.2, 0.25) is 0 Å². The molecule has 0 saturated carbocycles. The van der Waals surface area contributed by atoms with Crippen molar-refractivity contribution in [3.63, 3.8) is 0 Å². The number of nitrogens with zero attached hydrogens (tertiary/aromatic N) is 1. The number of rotatable bonds is 4. The van der Waals surface area contributed by atoms with Crippen LogP contribution in [0, 0.1) is 15.9 Å². The normalized spacial score (nSPS) is 10.3. The van der Waals surface area contributed by atoms with E-state index >= 15 is 0 Å². The molecule has 0 amide bonds. The molecule has 0 aliphatic carbocycles. The molecule has 0 bridgehead atoms. The van der Waals surface area contributed by atoms with Crippen molar-refractivity contribution in [2.75, 3.05) is 0 Å². The van der Waals surface area contributed by atoms with Crippen LogP contribution in [0.5, 0.6) is 0 Å². The van der Waals surface area contributed by atoms with E-state index in [2.05, 4.69) is 0 Å². The van der Waals surface area contributed by atoms with Crippen LogP contribution in [0.4, 0.5) is 10.1 Å². The second kappa shape index (κ2) is 5.79. The molecule has 0 heterocycles. The van der Waals surface area contributed by atoms with Crippen LogP contribution in [0.2, 0.25) is 5.02 Å². The van der Waals surface area contributed by atoms with E-state index in [1.54, 1.807) is 24.3 Å². The molecular weight excluding hydrogens is 285 g/mol. The van der Waals surface area contributed by atoms with Crippen molar-refractivity contribution >= 4 is 23.1 Å². The van der Waals surface area contributed by atoms with Gasteiger partial charge < -0.3 is 0 Å². The monoisotopic (exact) mass is 293 g/mol. The van der Waals surface area contributed by atoms with Gasteiger partial charge in [-0.25, -0.2) is 4.39 Å². The second-order valence-corrected chi connectivity index (χ2v) is 4.62. The first-order valence-electron chi connectivity index (χ1n) is 5.68. The number of halogens is 2. The number of carbonyl (C=O) groups excluding carboxylic acids is 1. The van der Waals surface area contributed by atoms with E-state index in [0.717, 1.165) is 18.2 Å². The first-order valence-corrected chi connectivity index (χ1v) is 6.06. The summed E-state index contributed by atoms with van der Waals surface area (Å²) in [5, 5.41) is 11.1. The number of benzene rings is 2. The van der Waals surface area contributed by atoms with Crippen LogP contribution in [0.15, 0.2) is 42.5 Å². The van der Waals surface area contributed by atoms with Gasteiger partial charge in [0.25, 0.3) is 5.69 Å². The zero-order valence-corrected chi connectivity index (χ0v) is 10.9. The Morgan fingerprint density at radius 3 is 2.65 bits per heavy atom. The van der Waals surface area contributed by atoms with Gasteiger partial charge in [-0.15, -0.1) is 0 Å². The highest BCUT2D eigenvalue weighted by Crippen LogP contribution is 2.19. The predicted molar refractivity (Wildman–Crippen MR) is 72.5 cm³/mol.